The molecule has 0 amide bonds. The molecule has 3 aliphatic heterocycles. The number of rotatable bonds is 6. The van der Waals surface area contributed by atoms with Crippen LogP contribution in [0.5, 0.6) is 0 Å². The van der Waals surface area contributed by atoms with Crippen LogP contribution in [0.4, 0.5) is 21.8 Å². The molecule has 1 atom stereocenters. The molecule has 4 N–H and O–H groups in total. The zero-order chi connectivity index (χ0) is 20.2. The number of hydrogen-bond donors (Lipinski definition) is 4. The fourth-order valence-electron chi connectivity index (χ4n) is 4.07. The molecule has 0 aromatic carbocycles. The van der Waals surface area contributed by atoms with Gasteiger partial charge in [0.15, 0.2) is 5.13 Å². The van der Waals surface area contributed by atoms with Crippen LogP contribution in [0.1, 0.15) is 24.1 Å². The van der Waals surface area contributed by atoms with Crippen molar-refractivity contribution < 1.29 is 4.74 Å². The van der Waals surface area contributed by atoms with Crippen molar-refractivity contribution in [2.75, 3.05) is 61.9 Å². The number of hydrogen-bond acceptors (Lipinski definition) is 9. The summed E-state index contributed by atoms with van der Waals surface area (Å²) in [5, 5.41) is 15.9. The minimum Gasteiger partial charge on any atom is -0.379 e. The molecule has 160 valence electrons. The molecule has 0 bridgehead atoms. The zero-order valence-corrected chi connectivity index (χ0v) is 17.9. The average Bonchev–Trinajstić information content (AvgIpc) is 3.17. The first-order valence-electron chi connectivity index (χ1n) is 10.8. The van der Waals surface area contributed by atoms with Gasteiger partial charge >= 0.3 is 0 Å². The zero-order valence-electron chi connectivity index (χ0n) is 17.1. The number of thiazole rings is 1. The lowest BCUT2D eigenvalue weighted by molar-refractivity contribution is 0.0342. The summed E-state index contributed by atoms with van der Waals surface area (Å²) < 4.78 is 5.50. The van der Waals surface area contributed by atoms with E-state index in [-0.39, 0.29) is 0 Å². The van der Waals surface area contributed by atoms with E-state index in [1.807, 2.05) is 0 Å². The first-order valence-corrected chi connectivity index (χ1v) is 11.6. The molecular weight excluding hydrogens is 398 g/mol. The van der Waals surface area contributed by atoms with Gasteiger partial charge in [0.2, 0.25) is 0 Å². The minimum atomic E-state index is 0.416. The second-order valence-electron chi connectivity index (χ2n) is 7.96. The van der Waals surface area contributed by atoms with Crippen LogP contribution in [-0.4, -0.2) is 66.8 Å². The van der Waals surface area contributed by atoms with E-state index >= 15 is 0 Å². The van der Waals surface area contributed by atoms with Crippen LogP contribution < -0.4 is 21.3 Å². The molecule has 5 heterocycles. The van der Waals surface area contributed by atoms with Crippen LogP contribution in [0.15, 0.2) is 18.2 Å². The number of anilines is 4. The van der Waals surface area contributed by atoms with Crippen LogP contribution in [0, 0.1) is 0 Å². The molecule has 8 nitrogen and oxygen atoms in total. The molecule has 5 rings (SSSR count). The van der Waals surface area contributed by atoms with Crippen molar-refractivity contribution in [1.82, 2.24) is 20.2 Å². The molecule has 0 spiro atoms. The van der Waals surface area contributed by atoms with E-state index in [0.717, 1.165) is 79.9 Å². The second kappa shape index (κ2) is 9.30. The highest BCUT2D eigenvalue weighted by molar-refractivity contribution is 7.19. The van der Waals surface area contributed by atoms with Gasteiger partial charge in [-0.1, -0.05) is 17.4 Å². The van der Waals surface area contributed by atoms with Crippen LogP contribution in [0.2, 0.25) is 0 Å². The summed E-state index contributed by atoms with van der Waals surface area (Å²) in [6, 6.07) is 4.75. The van der Waals surface area contributed by atoms with E-state index in [4.69, 9.17) is 14.7 Å². The maximum Gasteiger partial charge on any atom is 0.190 e. The molecule has 30 heavy (non-hydrogen) atoms. The number of nitrogens with zero attached hydrogens (tertiary/aromatic N) is 3. The molecule has 2 aromatic heterocycles. The Hall–Kier alpha value is -2.20. The molecule has 2 fully saturated rings. The fourth-order valence-corrected chi connectivity index (χ4v) is 4.94. The molecule has 0 radical (unpaired) electrons. The van der Waals surface area contributed by atoms with E-state index in [1.165, 1.54) is 18.4 Å². The fraction of sp³-hybridized carbons (Fsp3) is 0.524. The topological polar surface area (TPSA) is 86.4 Å². The summed E-state index contributed by atoms with van der Waals surface area (Å²) in [7, 11) is 0. The average molecular weight is 428 g/mol. The molecule has 2 aromatic rings. The first kappa shape index (κ1) is 19.7. The molecule has 3 aliphatic rings. The summed E-state index contributed by atoms with van der Waals surface area (Å²) in [6.07, 6.45) is 6.52. The number of pyridine rings is 1. The van der Waals surface area contributed by atoms with Gasteiger partial charge in [0, 0.05) is 38.8 Å². The smallest absolute Gasteiger partial charge is 0.190 e. The molecule has 1 unspecified atom stereocenters. The van der Waals surface area contributed by atoms with Crippen molar-refractivity contribution in [2.24, 2.45) is 0 Å². The van der Waals surface area contributed by atoms with Gasteiger partial charge in [0.25, 0.3) is 0 Å². The van der Waals surface area contributed by atoms with E-state index in [0.29, 0.717) is 6.04 Å². The number of aromatic nitrogens is 2. The Kier molecular flexibility index (Phi) is 6.12. The predicted molar refractivity (Wildman–Crippen MR) is 123 cm³/mol. The largest absolute Gasteiger partial charge is 0.379 e. The van der Waals surface area contributed by atoms with Crippen molar-refractivity contribution in [3.05, 3.63) is 29.5 Å². The number of fused-ring (bicyclic) bond motifs is 1. The lowest BCUT2D eigenvalue weighted by atomic mass is 10.1. The summed E-state index contributed by atoms with van der Waals surface area (Å²) >= 11 is 1.63. The third kappa shape index (κ3) is 4.92. The summed E-state index contributed by atoms with van der Waals surface area (Å²) in [5.41, 5.74) is 2.24. The Bertz CT molecular complexity index is 849. The Balaban J connectivity index is 1.36. The SMILES string of the molecule is C1=Cc2nc(Nc3cc(CN4CCOCC4)cc(NC4CCCNC4)n3)sc2NC1. The van der Waals surface area contributed by atoms with Crippen LogP contribution in [0.25, 0.3) is 6.08 Å². The molecule has 0 saturated carbocycles. The maximum absolute atomic E-state index is 5.50. The maximum atomic E-state index is 5.50. The third-order valence-electron chi connectivity index (χ3n) is 5.59. The van der Waals surface area contributed by atoms with Gasteiger partial charge < -0.3 is 26.0 Å². The van der Waals surface area contributed by atoms with Crippen molar-refractivity contribution in [2.45, 2.75) is 25.4 Å². The quantitative estimate of drug-likeness (QED) is 0.560. The Morgan fingerprint density at radius 3 is 2.93 bits per heavy atom. The van der Waals surface area contributed by atoms with Crippen molar-refractivity contribution in [3.8, 4) is 0 Å². The highest BCUT2D eigenvalue weighted by Crippen LogP contribution is 2.33. The number of morpholine rings is 1. The normalized spacial score (nSPS) is 21.7. The van der Waals surface area contributed by atoms with Gasteiger partial charge in [-0.3, -0.25) is 4.90 Å². The minimum absolute atomic E-state index is 0.416. The van der Waals surface area contributed by atoms with Crippen molar-refractivity contribution in [3.63, 3.8) is 0 Å². The predicted octanol–water partition coefficient (Wildman–Crippen LogP) is 2.72. The van der Waals surface area contributed by atoms with Gasteiger partial charge in [0.05, 0.1) is 18.9 Å². The van der Waals surface area contributed by atoms with Crippen molar-refractivity contribution >= 4 is 39.2 Å². The number of piperidine rings is 1. The number of ether oxygens (including phenoxy) is 1. The van der Waals surface area contributed by atoms with Gasteiger partial charge in [0.1, 0.15) is 16.6 Å². The van der Waals surface area contributed by atoms with Crippen LogP contribution in [0.3, 0.4) is 0 Å². The van der Waals surface area contributed by atoms with Gasteiger partial charge in [-0.2, -0.15) is 0 Å². The summed E-state index contributed by atoms with van der Waals surface area (Å²) in [4.78, 5) is 12.0. The molecule has 0 aliphatic carbocycles. The first-order chi connectivity index (χ1) is 14.8. The van der Waals surface area contributed by atoms with Gasteiger partial charge in [-0.05, 0) is 43.2 Å². The van der Waals surface area contributed by atoms with Gasteiger partial charge in [-0.25, -0.2) is 9.97 Å². The molecule has 2 saturated heterocycles. The second-order valence-corrected chi connectivity index (χ2v) is 8.96. The van der Waals surface area contributed by atoms with E-state index in [9.17, 15) is 0 Å². The Morgan fingerprint density at radius 2 is 2.10 bits per heavy atom. The monoisotopic (exact) mass is 427 g/mol. The summed E-state index contributed by atoms with van der Waals surface area (Å²) in [6.45, 7) is 7.39. The van der Waals surface area contributed by atoms with E-state index in [2.05, 4.69) is 50.5 Å². The lowest BCUT2D eigenvalue weighted by Crippen LogP contribution is -2.38. The third-order valence-corrected chi connectivity index (χ3v) is 6.53. The Morgan fingerprint density at radius 1 is 1.20 bits per heavy atom. The highest BCUT2D eigenvalue weighted by atomic mass is 32.1. The van der Waals surface area contributed by atoms with Crippen molar-refractivity contribution in [1.29, 1.82) is 0 Å². The highest BCUT2D eigenvalue weighted by Gasteiger charge is 2.17. The molecular formula is C21H29N7OS. The molecule has 9 heteroatoms. The Labute approximate surface area is 181 Å². The van der Waals surface area contributed by atoms with E-state index < -0.39 is 0 Å². The van der Waals surface area contributed by atoms with Crippen LogP contribution in [-0.2, 0) is 11.3 Å². The lowest BCUT2D eigenvalue weighted by Gasteiger charge is -2.27. The number of nitrogens with one attached hydrogen (secondary N) is 4. The summed E-state index contributed by atoms with van der Waals surface area (Å²) in [5.74, 6) is 1.76. The van der Waals surface area contributed by atoms with Gasteiger partial charge in [-0.15, -0.1) is 0 Å². The standard InChI is InChI=1S/C21H29N7OS/c1-3-16(13-22-5-1)24-18-11-15(14-28-7-9-29-10-8-28)12-19(26-18)27-21-25-17-4-2-6-23-20(17)30-21/h2,4,11-12,16,22-23H,1,3,5-10,13-14H2,(H2,24,25,26,27). The van der Waals surface area contributed by atoms with E-state index in [1.54, 1.807) is 11.3 Å². The van der Waals surface area contributed by atoms with Crippen LogP contribution >= 0.6 is 11.3 Å².